The Labute approximate surface area is 168 Å². The number of nitrogens with zero attached hydrogens (tertiary/aromatic N) is 2. The second-order valence-electron chi connectivity index (χ2n) is 6.30. The maximum absolute atomic E-state index is 12.9. The summed E-state index contributed by atoms with van der Waals surface area (Å²) < 4.78 is 7.61. The molecule has 0 aliphatic carbocycles. The topological polar surface area (TPSA) is 42.4 Å². The molecule has 0 radical (unpaired) electrons. The van der Waals surface area contributed by atoms with Crippen molar-refractivity contribution >= 4 is 54.4 Å². The molecule has 132 valence electrons. The summed E-state index contributed by atoms with van der Waals surface area (Å²) in [4.78, 5) is 19.1. The molecule has 26 heavy (non-hydrogen) atoms. The Bertz CT molecular complexity index is 1010. The number of aromatic nitrogens is 1. The second-order valence-corrected chi connectivity index (χ2v) is 8.01. The third-order valence-electron chi connectivity index (χ3n) is 4.57. The smallest absolute Gasteiger partial charge is 0.265 e. The predicted octanol–water partition coefficient (Wildman–Crippen LogP) is 5.12. The summed E-state index contributed by atoms with van der Waals surface area (Å²) in [5.74, 6) is 0.527. The van der Waals surface area contributed by atoms with E-state index in [0.29, 0.717) is 5.75 Å². The lowest BCUT2D eigenvalue weighted by Crippen LogP contribution is -2.39. The summed E-state index contributed by atoms with van der Waals surface area (Å²) in [7, 11) is 0. The first kappa shape index (κ1) is 17.5. The first-order chi connectivity index (χ1) is 12.6. The van der Waals surface area contributed by atoms with Gasteiger partial charge in [0.15, 0.2) is 12.4 Å². The van der Waals surface area contributed by atoms with Crippen molar-refractivity contribution in [3.8, 4) is 5.75 Å². The molecule has 0 saturated carbocycles. The van der Waals surface area contributed by atoms with E-state index in [1.54, 1.807) is 6.20 Å². The molecule has 1 aliphatic rings. The van der Waals surface area contributed by atoms with Crippen molar-refractivity contribution < 1.29 is 9.53 Å². The molecule has 1 aliphatic heterocycles. The molecule has 1 amide bonds. The van der Waals surface area contributed by atoms with Crippen LogP contribution in [-0.2, 0) is 11.2 Å². The van der Waals surface area contributed by atoms with Crippen LogP contribution in [0.25, 0.3) is 10.9 Å². The van der Waals surface area contributed by atoms with E-state index in [2.05, 4.69) is 49.8 Å². The molecule has 1 aromatic heterocycles. The van der Waals surface area contributed by atoms with Crippen molar-refractivity contribution in [2.24, 2.45) is 0 Å². The monoisotopic (exact) mass is 474 g/mol. The summed E-state index contributed by atoms with van der Waals surface area (Å²) >= 11 is 7.06. The average molecular weight is 476 g/mol. The van der Waals surface area contributed by atoms with Crippen LogP contribution < -0.4 is 9.64 Å². The van der Waals surface area contributed by atoms with Crippen LogP contribution in [0.1, 0.15) is 12.5 Å². The van der Waals surface area contributed by atoms with Crippen molar-refractivity contribution in [2.45, 2.75) is 19.4 Å². The Morgan fingerprint density at radius 2 is 2.04 bits per heavy atom. The van der Waals surface area contributed by atoms with Gasteiger partial charge in [-0.15, -0.1) is 0 Å². The lowest BCUT2D eigenvalue weighted by molar-refractivity contribution is -0.120. The van der Waals surface area contributed by atoms with Gasteiger partial charge in [-0.2, -0.15) is 0 Å². The Balaban J connectivity index is 1.61. The van der Waals surface area contributed by atoms with Crippen LogP contribution in [0.5, 0.6) is 5.75 Å². The Morgan fingerprint density at radius 1 is 1.23 bits per heavy atom. The summed E-state index contributed by atoms with van der Waals surface area (Å²) in [5.41, 5.74) is 2.90. The molecule has 3 aromatic rings. The van der Waals surface area contributed by atoms with E-state index in [-0.39, 0.29) is 18.6 Å². The molecule has 0 N–H and O–H groups in total. The van der Waals surface area contributed by atoms with Crippen LogP contribution in [0, 0.1) is 0 Å². The molecule has 0 spiro atoms. The lowest BCUT2D eigenvalue weighted by Gasteiger charge is -2.23. The molecule has 0 fully saturated rings. The zero-order valence-electron chi connectivity index (χ0n) is 14.1. The Kier molecular flexibility index (Phi) is 4.71. The van der Waals surface area contributed by atoms with Gasteiger partial charge in [-0.05, 0) is 53.0 Å². The quantitative estimate of drug-likeness (QED) is 0.528. The van der Waals surface area contributed by atoms with Crippen LogP contribution in [0.2, 0.25) is 0 Å². The number of halogens is 2. The van der Waals surface area contributed by atoms with Gasteiger partial charge in [-0.1, -0.05) is 40.2 Å². The van der Waals surface area contributed by atoms with Gasteiger partial charge < -0.3 is 9.64 Å². The normalized spacial score (nSPS) is 16.0. The number of carbonyl (C=O) groups is 1. The maximum atomic E-state index is 12.9. The van der Waals surface area contributed by atoms with Crippen molar-refractivity contribution in [2.75, 3.05) is 11.5 Å². The predicted molar refractivity (Wildman–Crippen MR) is 110 cm³/mol. The van der Waals surface area contributed by atoms with Crippen LogP contribution in [0.3, 0.4) is 0 Å². The first-order valence-corrected chi connectivity index (χ1v) is 9.90. The van der Waals surface area contributed by atoms with E-state index >= 15 is 0 Å². The number of anilines is 1. The molecule has 1 atom stereocenters. The highest BCUT2D eigenvalue weighted by Crippen LogP contribution is 2.37. The minimum Gasteiger partial charge on any atom is -0.480 e. The highest BCUT2D eigenvalue weighted by molar-refractivity contribution is 9.11. The summed E-state index contributed by atoms with van der Waals surface area (Å²) in [6.07, 6.45) is 2.59. The summed E-state index contributed by atoms with van der Waals surface area (Å²) in [6.45, 7) is 2.02. The van der Waals surface area contributed by atoms with E-state index in [0.717, 1.165) is 32.0 Å². The van der Waals surface area contributed by atoms with E-state index in [4.69, 9.17) is 4.74 Å². The number of rotatable bonds is 3. The van der Waals surface area contributed by atoms with Gasteiger partial charge in [0.1, 0.15) is 5.52 Å². The van der Waals surface area contributed by atoms with E-state index < -0.39 is 0 Å². The molecule has 2 aromatic carbocycles. The number of carbonyl (C=O) groups excluding carboxylic acids is 1. The number of ether oxygens (including phenoxy) is 1. The fraction of sp³-hybridized carbons (Fsp3) is 0.200. The highest BCUT2D eigenvalue weighted by Gasteiger charge is 2.30. The van der Waals surface area contributed by atoms with Crippen LogP contribution in [0.15, 0.2) is 57.6 Å². The summed E-state index contributed by atoms with van der Waals surface area (Å²) in [6, 6.07) is 13.9. The molecule has 4 nitrogen and oxygen atoms in total. The van der Waals surface area contributed by atoms with Gasteiger partial charge in [0.25, 0.3) is 5.91 Å². The van der Waals surface area contributed by atoms with Gasteiger partial charge in [-0.25, -0.2) is 0 Å². The van der Waals surface area contributed by atoms with Crippen molar-refractivity contribution in [3.05, 3.63) is 63.2 Å². The summed E-state index contributed by atoms with van der Waals surface area (Å²) in [5, 5.41) is 0.943. The van der Waals surface area contributed by atoms with E-state index in [1.807, 2.05) is 41.3 Å². The molecular weight excluding hydrogens is 460 g/mol. The first-order valence-electron chi connectivity index (χ1n) is 8.31. The standard InChI is InChI=1S/C20H16Br2N2O2/c1-12-9-13-5-2-3-7-17(13)24(12)18(25)11-26-20-16(22)10-15(21)14-6-4-8-23-19(14)20/h2-8,10,12H,9,11H2,1H3/t12-/m0/s1. The SMILES string of the molecule is C[C@H]1Cc2ccccc2N1C(=O)COc1c(Br)cc(Br)c2cccnc12. The fourth-order valence-corrected chi connectivity index (χ4v) is 4.82. The number of fused-ring (bicyclic) bond motifs is 2. The minimum atomic E-state index is -0.0543. The Morgan fingerprint density at radius 3 is 2.88 bits per heavy atom. The van der Waals surface area contributed by atoms with Gasteiger partial charge in [0, 0.05) is 27.8 Å². The highest BCUT2D eigenvalue weighted by atomic mass is 79.9. The molecule has 6 heteroatoms. The minimum absolute atomic E-state index is 0.0371. The third kappa shape index (κ3) is 3.01. The molecule has 0 unspecified atom stereocenters. The molecule has 2 heterocycles. The molecule has 4 rings (SSSR count). The zero-order chi connectivity index (χ0) is 18.3. The van der Waals surface area contributed by atoms with Crippen molar-refractivity contribution in [1.82, 2.24) is 4.98 Å². The number of benzene rings is 2. The molecular formula is C20H16Br2N2O2. The van der Waals surface area contributed by atoms with Crippen molar-refractivity contribution in [1.29, 1.82) is 0 Å². The number of para-hydroxylation sites is 1. The second kappa shape index (κ2) is 7.00. The average Bonchev–Trinajstić information content (AvgIpc) is 2.97. The van der Waals surface area contributed by atoms with E-state index in [1.165, 1.54) is 5.56 Å². The number of hydrogen-bond donors (Lipinski definition) is 0. The number of pyridine rings is 1. The van der Waals surface area contributed by atoms with Gasteiger partial charge >= 0.3 is 0 Å². The van der Waals surface area contributed by atoms with E-state index in [9.17, 15) is 4.79 Å². The number of amides is 1. The number of hydrogen-bond acceptors (Lipinski definition) is 3. The van der Waals surface area contributed by atoms with Gasteiger partial charge in [0.2, 0.25) is 0 Å². The van der Waals surface area contributed by atoms with Crippen molar-refractivity contribution in [3.63, 3.8) is 0 Å². The lowest BCUT2D eigenvalue weighted by atomic mass is 10.1. The van der Waals surface area contributed by atoms with Crippen LogP contribution >= 0.6 is 31.9 Å². The molecule has 0 bridgehead atoms. The largest absolute Gasteiger partial charge is 0.480 e. The molecule has 0 saturated heterocycles. The Hall–Kier alpha value is -1.92. The third-order valence-corrected chi connectivity index (χ3v) is 5.81. The van der Waals surface area contributed by atoms with Crippen LogP contribution in [-0.4, -0.2) is 23.5 Å². The fourth-order valence-electron chi connectivity index (χ4n) is 3.43. The van der Waals surface area contributed by atoms with Crippen LogP contribution in [0.4, 0.5) is 5.69 Å². The van der Waals surface area contributed by atoms with Gasteiger partial charge in [-0.3, -0.25) is 9.78 Å². The van der Waals surface area contributed by atoms with Gasteiger partial charge in [0.05, 0.1) is 4.47 Å². The maximum Gasteiger partial charge on any atom is 0.265 e. The zero-order valence-corrected chi connectivity index (χ0v) is 17.2.